The fraction of sp³-hybridized carbons (Fsp3) is 0.520. The quantitative estimate of drug-likeness (QED) is 0.378. The maximum atomic E-state index is 6.04. The Morgan fingerprint density at radius 1 is 0.964 bits per heavy atom. The average Bonchev–Trinajstić information content (AvgIpc) is 3.13. The van der Waals surface area contributed by atoms with Gasteiger partial charge < -0.3 is 14.5 Å². The second-order valence-electron chi connectivity index (χ2n) is 7.82. The molecule has 0 aliphatic carbocycles. The Morgan fingerprint density at radius 2 is 1.86 bits per heavy atom. The second-order valence-corrected chi connectivity index (χ2v) is 7.82. The van der Waals surface area contributed by atoms with Crippen LogP contribution in [0.1, 0.15) is 44.1 Å². The number of allylic oxidation sites excluding steroid dienone is 5. The summed E-state index contributed by atoms with van der Waals surface area (Å²) in [4.78, 5) is 5.10. The normalized spacial score (nSPS) is 17.5. The number of unbranched alkanes of at least 4 members (excludes halogenated alkanes) is 1. The SMILES string of the molecule is C=C/C=C\C=C\CCCN1CCc2cc(OCCCN3CCCCC3)ccc21. The maximum Gasteiger partial charge on any atom is 0.119 e. The Kier molecular flexibility index (Phi) is 8.70. The summed E-state index contributed by atoms with van der Waals surface area (Å²) in [6.07, 6.45) is 18.8. The van der Waals surface area contributed by atoms with Crippen LogP contribution in [0.3, 0.4) is 0 Å². The predicted octanol–water partition coefficient (Wildman–Crippen LogP) is 5.38. The van der Waals surface area contributed by atoms with Crippen molar-refractivity contribution in [3.63, 3.8) is 0 Å². The van der Waals surface area contributed by atoms with E-state index in [1.807, 2.05) is 12.2 Å². The summed E-state index contributed by atoms with van der Waals surface area (Å²) in [7, 11) is 0. The smallest absolute Gasteiger partial charge is 0.119 e. The van der Waals surface area contributed by atoms with Crippen LogP contribution >= 0.6 is 0 Å². The molecule has 0 bridgehead atoms. The highest BCUT2D eigenvalue weighted by Crippen LogP contribution is 2.31. The van der Waals surface area contributed by atoms with Crippen molar-refractivity contribution in [3.05, 3.63) is 60.7 Å². The highest BCUT2D eigenvalue weighted by Gasteiger charge is 2.19. The molecule has 1 saturated heterocycles. The van der Waals surface area contributed by atoms with Gasteiger partial charge in [0.1, 0.15) is 5.75 Å². The third-order valence-corrected chi connectivity index (χ3v) is 5.67. The highest BCUT2D eigenvalue weighted by molar-refractivity contribution is 5.60. The first-order chi connectivity index (χ1) is 13.9. The van der Waals surface area contributed by atoms with Crippen LogP contribution in [0.2, 0.25) is 0 Å². The van der Waals surface area contributed by atoms with Gasteiger partial charge >= 0.3 is 0 Å². The molecular formula is C25H36N2O. The first-order valence-corrected chi connectivity index (χ1v) is 11.0. The summed E-state index contributed by atoms with van der Waals surface area (Å²) in [5.41, 5.74) is 2.84. The molecule has 0 atom stereocenters. The zero-order valence-corrected chi connectivity index (χ0v) is 17.3. The maximum absolute atomic E-state index is 6.04. The van der Waals surface area contributed by atoms with Gasteiger partial charge in [0.05, 0.1) is 6.61 Å². The molecule has 2 aliphatic heterocycles. The van der Waals surface area contributed by atoms with E-state index in [1.165, 1.54) is 56.6 Å². The molecule has 1 aromatic rings. The Labute approximate surface area is 171 Å². The van der Waals surface area contributed by atoms with E-state index in [9.17, 15) is 0 Å². The molecule has 0 aromatic heterocycles. The lowest BCUT2D eigenvalue weighted by molar-refractivity contribution is 0.205. The Hall–Kier alpha value is -2.00. The summed E-state index contributed by atoms with van der Waals surface area (Å²) in [6.45, 7) is 10.5. The first kappa shape index (κ1) is 20.7. The fourth-order valence-electron chi connectivity index (χ4n) is 4.15. The lowest BCUT2D eigenvalue weighted by Gasteiger charge is -2.26. The minimum atomic E-state index is 0.825. The Bertz CT molecular complexity index is 659. The van der Waals surface area contributed by atoms with Gasteiger partial charge in [0.25, 0.3) is 0 Å². The highest BCUT2D eigenvalue weighted by atomic mass is 16.5. The molecule has 0 spiro atoms. The molecule has 0 amide bonds. The molecule has 1 fully saturated rings. The number of ether oxygens (including phenoxy) is 1. The number of nitrogens with zero attached hydrogens (tertiary/aromatic N) is 2. The number of benzene rings is 1. The average molecular weight is 381 g/mol. The minimum Gasteiger partial charge on any atom is -0.494 e. The van der Waals surface area contributed by atoms with Crippen molar-refractivity contribution in [3.8, 4) is 5.75 Å². The topological polar surface area (TPSA) is 15.7 Å². The van der Waals surface area contributed by atoms with E-state index >= 15 is 0 Å². The monoisotopic (exact) mass is 380 g/mol. The molecule has 1 aromatic carbocycles. The number of fused-ring (bicyclic) bond motifs is 1. The Balaban J connectivity index is 1.37. The molecule has 0 unspecified atom stereocenters. The zero-order chi connectivity index (χ0) is 19.4. The van der Waals surface area contributed by atoms with Crippen LogP contribution in [-0.4, -0.2) is 44.2 Å². The molecule has 0 N–H and O–H groups in total. The van der Waals surface area contributed by atoms with Crippen LogP contribution in [0.4, 0.5) is 5.69 Å². The van der Waals surface area contributed by atoms with Crippen LogP contribution in [0.25, 0.3) is 0 Å². The van der Waals surface area contributed by atoms with Crippen molar-refractivity contribution >= 4 is 5.69 Å². The second kappa shape index (κ2) is 11.8. The van der Waals surface area contributed by atoms with Gasteiger partial charge in [-0.3, -0.25) is 0 Å². The lowest BCUT2D eigenvalue weighted by Crippen LogP contribution is -2.31. The van der Waals surface area contributed by atoms with Crippen LogP contribution in [0, 0.1) is 0 Å². The standard InChI is InChI=1S/C25H36N2O/c1-2-3-4-5-6-7-11-19-27-20-15-23-22-24(13-14-25(23)27)28-21-12-18-26-16-9-8-10-17-26/h2-6,13-14,22H,1,7-12,15-21H2/b4-3-,6-5+. The molecule has 2 aliphatic rings. The number of hydrogen-bond donors (Lipinski definition) is 0. The molecule has 0 radical (unpaired) electrons. The van der Waals surface area contributed by atoms with Gasteiger partial charge in [-0.2, -0.15) is 0 Å². The summed E-state index contributed by atoms with van der Waals surface area (Å²) >= 11 is 0. The van der Waals surface area contributed by atoms with Crippen LogP contribution < -0.4 is 9.64 Å². The number of hydrogen-bond acceptors (Lipinski definition) is 3. The van der Waals surface area contributed by atoms with Crippen LogP contribution in [-0.2, 0) is 6.42 Å². The zero-order valence-electron chi connectivity index (χ0n) is 17.3. The van der Waals surface area contributed by atoms with E-state index in [2.05, 4.69) is 46.7 Å². The van der Waals surface area contributed by atoms with E-state index in [0.717, 1.165) is 44.7 Å². The van der Waals surface area contributed by atoms with Gasteiger partial charge in [0.15, 0.2) is 0 Å². The van der Waals surface area contributed by atoms with Crippen molar-refractivity contribution in [2.45, 2.75) is 44.9 Å². The van der Waals surface area contributed by atoms with E-state index in [4.69, 9.17) is 4.74 Å². The third kappa shape index (κ3) is 6.56. The van der Waals surface area contributed by atoms with E-state index in [0.29, 0.717) is 0 Å². The summed E-state index contributed by atoms with van der Waals surface area (Å²) in [5, 5.41) is 0. The fourth-order valence-corrected chi connectivity index (χ4v) is 4.15. The largest absolute Gasteiger partial charge is 0.494 e. The molecule has 152 valence electrons. The summed E-state index contributed by atoms with van der Waals surface area (Å²) < 4.78 is 6.04. The molecule has 2 heterocycles. The van der Waals surface area contributed by atoms with Gasteiger partial charge in [-0.15, -0.1) is 0 Å². The number of piperidine rings is 1. The van der Waals surface area contributed by atoms with Crippen LogP contribution in [0.5, 0.6) is 5.75 Å². The molecule has 28 heavy (non-hydrogen) atoms. The predicted molar refractivity (Wildman–Crippen MR) is 120 cm³/mol. The number of likely N-dealkylation sites (tertiary alicyclic amines) is 1. The van der Waals surface area contributed by atoms with Gasteiger partial charge in [-0.1, -0.05) is 43.4 Å². The first-order valence-electron chi connectivity index (χ1n) is 11.0. The van der Waals surface area contributed by atoms with Crippen molar-refractivity contribution in [1.29, 1.82) is 0 Å². The minimum absolute atomic E-state index is 0.825. The van der Waals surface area contributed by atoms with E-state index in [-0.39, 0.29) is 0 Å². The van der Waals surface area contributed by atoms with Crippen molar-refractivity contribution < 1.29 is 4.74 Å². The van der Waals surface area contributed by atoms with E-state index < -0.39 is 0 Å². The third-order valence-electron chi connectivity index (χ3n) is 5.67. The van der Waals surface area contributed by atoms with Crippen molar-refractivity contribution in [2.75, 3.05) is 44.2 Å². The number of rotatable bonds is 11. The Morgan fingerprint density at radius 3 is 2.71 bits per heavy atom. The molecule has 3 heteroatoms. The summed E-state index contributed by atoms with van der Waals surface area (Å²) in [5.74, 6) is 1.04. The lowest BCUT2D eigenvalue weighted by atomic mass is 10.1. The summed E-state index contributed by atoms with van der Waals surface area (Å²) in [6, 6.07) is 6.67. The van der Waals surface area contributed by atoms with Crippen molar-refractivity contribution in [1.82, 2.24) is 4.90 Å². The van der Waals surface area contributed by atoms with Gasteiger partial charge in [0, 0.05) is 25.3 Å². The molecule has 3 rings (SSSR count). The van der Waals surface area contributed by atoms with Crippen molar-refractivity contribution in [2.24, 2.45) is 0 Å². The van der Waals surface area contributed by atoms with Gasteiger partial charge in [-0.05, 0) is 75.4 Å². The van der Waals surface area contributed by atoms with E-state index in [1.54, 1.807) is 6.08 Å². The van der Waals surface area contributed by atoms with Crippen LogP contribution in [0.15, 0.2) is 55.2 Å². The van der Waals surface area contributed by atoms with Gasteiger partial charge in [0.2, 0.25) is 0 Å². The number of anilines is 1. The molecular weight excluding hydrogens is 344 g/mol. The molecule has 0 saturated carbocycles. The molecule has 3 nitrogen and oxygen atoms in total. The van der Waals surface area contributed by atoms with Gasteiger partial charge in [-0.25, -0.2) is 0 Å².